The Morgan fingerprint density at radius 2 is 2.09 bits per heavy atom. The number of benzene rings is 1. The fraction of sp³-hybridized carbons (Fsp3) is 0.364. The minimum Gasteiger partial charge on any atom is -0.421 e. The van der Waals surface area contributed by atoms with E-state index < -0.39 is 6.10 Å². The third kappa shape index (κ3) is 3.07. The minimum absolute atomic E-state index is 0.121. The molecule has 2 aliphatic rings. The van der Waals surface area contributed by atoms with Crippen LogP contribution in [0, 0.1) is 11.7 Å². The Bertz CT molecular complexity index is 1370. The van der Waals surface area contributed by atoms with Gasteiger partial charge in [0, 0.05) is 37.0 Å². The molecule has 33 heavy (non-hydrogen) atoms. The van der Waals surface area contributed by atoms with E-state index >= 15 is 0 Å². The van der Waals surface area contributed by atoms with E-state index in [0.29, 0.717) is 46.1 Å². The van der Waals surface area contributed by atoms with E-state index in [2.05, 4.69) is 30.2 Å². The summed E-state index contributed by atoms with van der Waals surface area (Å²) < 4.78 is 20.3. The Balaban J connectivity index is 1.48. The molecular weight excluding hydrogens is 427 g/mol. The lowest BCUT2D eigenvalue weighted by atomic mass is 9.67. The van der Waals surface area contributed by atoms with Gasteiger partial charge in [0.25, 0.3) is 0 Å². The highest BCUT2D eigenvalue weighted by molar-refractivity contribution is 6.14. The average molecular weight is 450 g/mol. The number of nitrogens with zero attached hydrogens (tertiary/aromatic N) is 5. The summed E-state index contributed by atoms with van der Waals surface area (Å²) in [5.74, 6) is 1.42. The van der Waals surface area contributed by atoms with Gasteiger partial charge in [-0.15, -0.1) is 0 Å². The number of hydrogen-bond acceptors (Lipinski definition) is 9. The second-order valence-electron chi connectivity index (χ2n) is 8.64. The van der Waals surface area contributed by atoms with Gasteiger partial charge >= 0.3 is 6.01 Å². The predicted molar refractivity (Wildman–Crippen MR) is 121 cm³/mol. The van der Waals surface area contributed by atoms with E-state index in [1.165, 1.54) is 24.5 Å². The number of ether oxygens (including phenoxy) is 1. The van der Waals surface area contributed by atoms with Crippen LogP contribution in [0.3, 0.4) is 0 Å². The van der Waals surface area contributed by atoms with Gasteiger partial charge in [0.15, 0.2) is 11.6 Å². The van der Waals surface area contributed by atoms with Crippen molar-refractivity contribution in [3.63, 3.8) is 0 Å². The molecule has 1 saturated carbocycles. The molecule has 4 heterocycles. The van der Waals surface area contributed by atoms with Gasteiger partial charge in [0.05, 0.1) is 29.0 Å². The number of nitrogens with one attached hydrogen (secondary N) is 2. The molecule has 1 saturated heterocycles. The van der Waals surface area contributed by atoms with Crippen molar-refractivity contribution >= 4 is 33.4 Å². The smallest absolute Gasteiger partial charge is 0.326 e. The molecule has 10 nitrogen and oxygen atoms in total. The van der Waals surface area contributed by atoms with Crippen LogP contribution in [0.25, 0.3) is 21.9 Å². The molecule has 2 unspecified atom stereocenters. The highest BCUT2D eigenvalue weighted by atomic mass is 19.1. The molecule has 11 heteroatoms. The van der Waals surface area contributed by atoms with Crippen LogP contribution in [0.4, 0.5) is 15.9 Å². The van der Waals surface area contributed by atoms with Crippen LogP contribution < -0.4 is 20.7 Å². The number of rotatable bonds is 5. The minimum atomic E-state index is -0.778. The summed E-state index contributed by atoms with van der Waals surface area (Å²) in [5, 5.41) is 14.1. The number of aromatic amines is 1. The Hall–Kier alpha value is -3.57. The molecule has 1 aliphatic carbocycles. The lowest BCUT2D eigenvalue weighted by Gasteiger charge is -2.59. The van der Waals surface area contributed by atoms with E-state index in [4.69, 9.17) is 15.5 Å². The number of aliphatic hydroxyl groups is 1. The number of hydrogen-bond donors (Lipinski definition) is 4. The Morgan fingerprint density at radius 1 is 1.30 bits per heavy atom. The Morgan fingerprint density at radius 3 is 2.73 bits per heavy atom. The molecular formula is C22H23FN8O2. The molecule has 0 radical (unpaired) electrons. The molecule has 0 spiro atoms. The van der Waals surface area contributed by atoms with Crippen LogP contribution in [0.1, 0.15) is 25.3 Å². The van der Waals surface area contributed by atoms with E-state index in [1.807, 2.05) is 0 Å². The third-order valence-electron chi connectivity index (χ3n) is 6.62. The maximum atomic E-state index is 14.4. The van der Waals surface area contributed by atoms with Crippen molar-refractivity contribution in [2.75, 3.05) is 23.8 Å². The number of halogens is 1. The first-order valence-electron chi connectivity index (χ1n) is 10.8. The maximum Gasteiger partial charge on any atom is 0.326 e. The van der Waals surface area contributed by atoms with Crippen molar-refractivity contribution in [3.05, 3.63) is 36.2 Å². The van der Waals surface area contributed by atoms with E-state index in [9.17, 15) is 9.50 Å². The van der Waals surface area contributed by atoms with Crippen LogP contribution in [0.2, 0.25) is 0 Å². The van der Waals surface area contributed by atoms with Crippen LogP contribution in [0.15, 0.2) is 24.5 Å². The van der Waals surface area contributed by atoms with Gasteiger partial charge in [0.2, 0.25) is 0 Å². The van der Waals surface area contributed by atoms with Crippen LogP contribution in [-0.4, -0.2) is 55.7 Å². The summed E-state index contributed by atoms with van der Waals surface area (Å²) in [6.45, 7) is 2.37. The summed E-state index contributed by atoms with van der Waals surface area (Å²) in [6.07, 6.45) is 3.04. The van der Waals surface area contributed by atoms with E-state index in [1.54, 1.807) is 14.0 Å². The summed E-state index contributed by atoms with van der Waals surface area (Å²) in [5.41, 5.74) is 8.05. The number of anilines is 2. The van der Waals surface area contributed by atoms with Crippen molar-refractivity contribution in [3.8, 4) is 11.8 Å². The summed E-state index contributed by atoms with van der Waals surface area (Å²) in [6, 6.07) is 3.57. The SMILES string of the molecule is CNc1cc(F)cc2c1[nH]c1nc(Oc3cnc(C(C)O)nc3)nc(N3CC4[C@H](N)C[C@@H]43)c12. The van der Waals surface area contributed by atoms with Gasteiger partial charge < -0.3 is 30.8 Å². The first kappa shape index (κ1) is 20.1. The highest BCUT2D eigenvalue weighted by Crippen LogP contribution is 2.46. The van der Waals surface area contributed by atoms with Crippen molar-refractivity contribution in [1.29, 1.82) is 0 Å². The first-order chi connectivity index (χ1) is 15.9. The first-order valence-corrected chi connectivity index (χ1v) is 10.8. The zero-order valence-corrected chi connectivity index (χ0v) is 18.1. The Labute approximate surface area is 188 Å². The molecule has 0 bridgehead atoms. The molecule has 1 aromatic carbocycles. The molecule has 4 aromatic rings. The summed E-state index contributed by atoms with van der Waals surface area (Å²) in [7, 11) is 1.74. The van der Waals surface area contributed by atoms with Crippen LogP contribution >= 0.6 is 0 Å². The van der Waals surface area contributed by atoms with Crippen LogP contribution in [0.5, 0.6) is 11.8 Å². The van der Waals surface area contributed by atoms with E-state index in [-0.39, 0.29) is 17.9 Å². The Kier molecular flexibility index (Phi) is 4.39. The fourth-order valence-corrected chi connectivity index (χ4v) is 4.78. The van der Waals surface area contributed by atoms with Crippen molar-refractivity contribution < 1.29 is 14.2 Å². The van der Waals surface area contributed by atoms with Gasteiger partial charge in [-0.2, -0.15) is 9.97 Å². The normalized spacial score (nSPS) is 22.6. The van der Waals surface area contributed by atoms with Crippen molar-refractivity contribution in [2.45, 2.75) is 31.5 Å². The lowest BCUT2D eigenvalue weighted by Crippen LogP contribution is -2.71. The molecule has 6 rings (SSSR count). The molecule has 3 aromatic heterocycles. The standard InChI is InChI=1S/C22H23FN8O2/c1-9(32)19-26-6-11(7-27-19)33-22-29-20-17(12-3-10(23)4-15(25-2)18(12)28-20)21(30-22)31-8-13-14(24)5-16(13)31/h3-4,6-7,9,13-14,16,25,32H,5,8,24H2,1-2H3,(H,28,29,30)/t9?,13?,14-,16+/m1/s1. The van der Waals surface area contributed by atoms with Crippen molar-refractivity contribution in [2.24, 2.45) is 11.7 Å². The summed E-state index contributed by atoms with van der Waals surface area (Å²) in [4.78, 5) is 23.0. The number of nitrogens with two attached hydrogens (primary N) is 1. The third-order valence-corrected chi connectivity index (χ3v) is 6.62. The van der Waals surface area contributed by atoms with Gasteiger partial charge in [-0.05, 0) is 25.5 Å². The molecule has 170 valence electrons. The summed E-state index contributed by atoms with van der Waals surface area (Å²) >= 11 is 0. The number of fused-ring (bicyclic) bond motifs is 4. The zero-order valence-electron chi connectivity index (χ0n) is 18.1. The molecule has 2 fully saturated rings. The number of H-pyrrole nitrogens is 1. The largest absolute Gasteiger partial charge is 0.421 e. The van der Waals surface area contributed by atoms with Crippen molar-refractivity contribution in [1.82, 2.24) is 24.9 Å². The predicted octanol–water partition coefficient (Wildman–Crippen LogP) is 2.46. The van der Waals surface area contributed by atoms with E-state index in [0.717, 1.165) is 23.9 Å². The van der Waals surface area contributed by atoms with Crippen LogP contribution in [-0.2, 0) is 0 Å². The van der Waals surface area contributed by atoms with Gasteiger partial charge in [-0.3, -0.25) is 0 Å². The lowest BCUT2D eigenvalue weighted by molar-refractivity contribution is 0.121. The van der Waals surface area contributed by atoms with Gasteiger partial charge in [-0.25, -0.2) is 14.4 Å². The topological polar surface area (TPSA) is 138 Å². The second-order valence-corrected chi connectivity index (χ2v) is 8.64. The van der Waals surface area contributed by atoms with Gasteiger partial charge in [0.1, 0.15) is 23.4 Å². The number of aromatic nitrogens is 5. The van der Waals surface area contributed by atoms with Gasteiger partial charge in [-0.1, -0.05) is 0 Å². The average Bonchev–Trinajstić information content (AvgIpc) is 3.15. The molecule has 1 aliphatic heterocycles. The zero-order chi connectivity index (χ0) is 22.9. The maximum absolute atomic E-state index is 14.4. The highest BCUT2D eigenvalue weighted by Gasteiger charge is 2.52. The monoisotopic (exact) mass is 450 g/mol. The molecule has 5 N–H and O–H groups in total. The fourth-order valence-electron chi connectivity index (χ4n) is 4.78. The molecule has 4 atom stereocenters. The number of piperidine rings is 1. The quantitative estimate of drug-likeness (QED) is 0.361. The second kappa shape index (κ2) is 7.22. The molecule has 0 amide bonds. The number of aliphatic hydroxyl groups excluding tert-OH is 1.